The number of rotatable bonds is 10. The molecule has 2 aliphatic rings. The Balaban J connectivity index is 1.47. The molecule has 1 N–H and O–H groups in total. The number of thioether (sulfide) groups is 1. The summed E-state index contributed by atoms with van der Waals surface area (Å²) in [5.41, 5.74) is 4.13. The molecule has 8 nitrogen and oxygen atoms in total. The molecule has 10 heteroatoms. The lowest BCUT2D eigenvalue weighted by atomic mass is 9.98. The van der Waals surface area contributed by atoms with Crippen LogP contribution in [0.2, 0.25) is 0 Å². The standard InChI is InChI=1S/C29H38N6O2S2/c1-3-12-30-27(36)26(24-20-39-28(32-24)23-18-31-33(2)19-23)35(29(37)22-10-16-38-17-11-22)15-14-34-13-6-8-21-7-4-5-9-25(21)34/h4-5,7,9,18-20,22,26H,3,6,8,10-17H2,1-2H3,(H,30,36). The largest absolute Gasteiger partial charge is 0.370 e. The second-order valence-corrected chi connectivity index (χ2v) is 12.4. The minimum atomic E-state index is -0.764. The summed E-state index contributed by atoms with van der Waals surface area (Å²) in [6, 6.07) is 7.77. The zero-order valence-corrected chi connectivity index (χ0v) is 24.5. The van der Waals surface area contributed by atoms with Crippen LogP contribution in [0.3, 0.4) is 0 Å². The molecular formula is C29H38N6O2S2. The third-order valence-electron chi connectivity index (χ3n) is 7.53. The van der Waals surface area contributed by atoms with Crippen molar-refractivity contribution in [2.45, 2.75) is 45.1 Å². The minimum absolute atomic E-state index is 0.0576. The Labute approximate surface area is 239 Å². The number of hydrogen-bond donors (Lipinski definition) is 1. The number of hydrogen-bond acceptors (Lipinski definition) is 7. The molecule has 1 aromatic carbocycles. The smallest absolute Gasteiger partial charge is 0.249 e. The van der Waals surface area contributed by atoms with Crippen molar-refractivity contribution >= 4 is 40.6 Å². The molecule has 2 amide bonds. The van der Waals surface area contributed by atoms with Crippen molar-refractivity contribution in [3.05, 3.63) is 53.3 Å². The van der Waals surface area contributed by atoms with E-state index in [1.165, 1.54) is 22.6 Å². The molecule has 2 aromatic heterocycles. The van der Waals surface area contributed by atoms with Gasteiger partial charge in [0.1, 0.15) is 5.01 Å². The minimum Gasteiger partial charge on any atom is -0.370 e. The third kappa shape index (κ3) is 6.49. The molecule has 1 fully saturated rings. The number of anilines is 1. The van der Waals surface area contributed by atoms with Gasteiger partial charge in [-0.3, -0.25) is 14.3 Å². The summed E-state index contributed by atoms with van der Waals surface area (Å²) in [7, 11) is 1.88. The first-order chi connectivity index (χ1) is 19.0. The SMILES string of the molecule is CCCNC(=O)C(c1csc(-c2cnn(C)c2)n1)N(CCN1CCCc2ccccc21)C(=O)C1CCSCC1. The quantitative estimate of drug-likeness (QED) is 0.388. The summed E-state index contributed by atoms with van der Waals surface area (Å²) >= 11 is 3.40. The average Bonchev–Trinajstić information content (AvgIpc) is 3.63. The van der Waals surface area contributed by atoms with Crippen molar-refractivity contribution < 1.29 is 9.59 Å². The predicted octanol–water partition coefficient (Wildman–Crippen LogP) is 4.54. The maximum absolute atomic E-state index is 14.2. The fraction of sp³-hybridized carbons (Fsp3) is 0.517. The van der Waals surface area contributed by atoms with E-state index in [0.29, 0.717) is 25.3 Å². The first-order valence-electron chi connectivity index (χ1n) is 14.0. The van der Waals surface area contributed by atoms with E-state index in [0.717, 1.165) is 60.7 Å². The van der Waals surface area contributed by atoms with Gasteiger partial charge in [0.25, 0.3) is 0 Å². The Morgan fingerprint density at radius 1 is 1.23 bits per heavy atom. The molecule has 1 unspecified atom stereocenters. The summed E-state index contributed by atoms with van der Waals surface area (Å²) in [6.07, 6.45) is 8.41. The number of para-hydroxylation sites is 1. The van der Waals surface area contributed by atoms with E-state index >= 15 is 0 Å². The number of thiazole rings is 1. The number of aryl methyl sites for hydroxylation is 2. The van der Waals surface area contributed by atoms with Crippen LogP contribution < -0.4 is 10.2 Å². The maximum atomic E-state index is 14.2. The summed E-state index contributed by atoms with van der Waals surface area (Å²) < 4.78 is 1.75. The van der Waals surface area contributed by atoms with Gasteiger partial charge in [0, 0.05) is 62.0 Å². The monoisotopic (exact) mass is 566 g/mol. The number of carbonyl (C=O) groups excluding carboxylic acids is 2. The molecule has 3 aromatic rings. The van der Waals surface area contributed by atoms with Gasteiger partial charge in [0.05, 0.1) is 11.9 Å². The van der Waals surface area contributed by atoms with Crippen LogP contribution in [0, 0.1) is 5.92 Å². The van der Waals surface area contributed by atoms with Crippen LogP contribution in [0.5, 0.6) is 0 Å². The summed E-state index contributed by atoms with van der Waals surface area (Å²) in [5, 5.41) is 10.1. The van der Waals surface area contributed by atoms with Crippen LogP contribution in [-0.2, 0) is 23.1 Å². The zero-order chi connectivity index (χ0) is 27.2. The third-order valence-corrected chi connectivity index (χ3v) is 9.49. The number of nitrogens with zero attached hydrogens (tertiary/aromatic N) is 5. The fourth-order valence-electron chi connectivity index (χ4n) is 5.47. The van der Waals surface area contributed by atoms with Crippen molar-refractivity contribution in [3.63, 3.8) is 0 Å². The molecule has 0 aliphatic carbocycles. The van der Waals surface area contributed by atoms with Crippen LogP contribution >= 0.6 is 23.1 Å². The van der Waals surface area contributed by atoms with Crippen molar-refractivity contribution in [2.75, 3.05) is 42.6 Å². The molecule has 1 atom stereocenters. The Morgan fingerprint density at radius 3 is 2.82 bits per heavy atom. The Hall–Kier alpha value is -2.85. The van der Waals surface area contributed by atoms with E-state index in [9.17, 15) is 9.59 Å². The van der Waals surface area contributed by atoms with Gasteiger partial charge in [0.15, 0.2) is 6.04 Å². The summed E-state index contributed by atoms with van der Waals surface area (Å²) in [4.78, 5) is 37.0. The van der Waals surface area contributed by atoms with Gasteiger partial charge in [-0.2, -0.15) is 16.9 Å². The molecule has 0 saturated carbocycles. The first kappa shape index (κ1) is 27.7. The number of benzene rings is 1. The predicted molar refractivity (Wildman–Crippen MR) is 159 cm³/mol. The van der Waals surface area contributed by atoms with Gasteiger partial charge in [-0.05, 0) is 55.2 Å². The highest BCUT2D eigenvalue weighted by Crippen LogP contribution is 2.33. The van der Waals surface area contributed by atoms with Crippen LogP contribution in [0.25, 0.3) is 10.6 Å². The Bertz CT molecular complexity index is 1270. The van der Waals surface area contributed by atoms with Crippen molar-refractivity contribution in [3.8, 4) is 10.6 Å². The van der Waals surface area contributed by atoms with E-state index in [1.807, 2.05) is 42.2 Å². The van der Waals surface area contributed by atoms with E-state index < -0.39 is 6.04 Å². The molecular weight excluding hydrogens is 528 g/mol. The van der Waals surface area contributed by atoms with E-state index in [4.69, 9.17) is 4.98 Å². The maximum Gasteiger partial charge on any atom is 0.249 e. The number of amides is 2. The lowest BCUT2D eigenvalue weighted by Gasteiger charge is -2.37. The van der Waals surface area contributed by atoms with Gasteiger partial charge >= 0.3 is 0 Å². The second kappa shape index (κ2) is 13.0. The van der Waals surface area contributed by atoms with Crippen LogP contribution in [0.15, 0.2) is 42.0 Å². The number of carbonyl (C=O) groups is 2. The highest BCUT2D eigenvalue weighted by atomic mass is 32.2. The summed E-state index contributed by atoms with van der Waals surface area (Å²) in [5.74, 6) is 1.83. The highest BCUT2D eigenvalue weighted by Gasteiger charge is 2.37. The van der Waals surface area contributed by atoms with Crippen molar-refractivity contribution in [2.24, 2.45) is 13.0 Å². The molecule has 5 rings (SSSR count). The van der Waals surface area contributed by atoms with Gasteiger partial charge in [-0.25, -0.2) is 4.98 Å². The molecule has 0 spiro atoms. The van der Waals surface area contributed by atoms with Crippen LogP contribution in [-0.4, -0.2) is 69.2 Å². The van der Waals surface area contributed by atoms with Gasteiger partial charge in [-0.1, -0.05) is 25.1 Å². The van der Waals surface area contributed by atoms with Gasteiger partial charge in [0.2, 0.25) is 11.8 Å². The van der Waals surface area contributed by atoms with E-state index in [2.05, 4.69) is 39.6 Å². The number of fused-ring (bicyclic) bond motifs is 1. The number of nitrogens with one attached hydrogen (secondary N) is 1. The van der Waals surface area contributed by atoms with Crippen molar-refractivity contribution in [1.29, 1.82) is 0 Å². The van der Waals surface area contributed by atoms with Gasteiger partial charge in [-0.15, -0.1) is 11.3 Å². The van der Waals surface area contributed by atoms with Crippen molar-refractivity contribution in [1.82, 2.24) is 25.0 Å². The lowest BCUT2D eigenvalue weighted by molar-refractivity contribution is -0.144. The first-order valence-corrected chi connectivity index (χ1v) is 16.0. The lowest BCUT2D eigenvalue weighted by Crippen LogP contribution is -2.49. The fourth-order valence-corrected chi connectivity index (χ4v) is 7.39. The molecule has 1 saturated heterocycles. The molecule has 0 radical (unpaired) electrons. The average molecular weight is 567 g/mol. The molecule has 4 heterocycles. The van der Waals surface area contributed by atoms with E-state index in [-0.39, 0.29) is 17.7 Å². The zero-order valence-electron chi connectivity index (χ0n) is 22.8. The second-order valence-electron chi connectivity index (χ2n) is 10.3. The molecule has 0 bridgehead atoms. The molecule has 2 aliphatic heterocycles. The normalized spacial score (nSPS) is 16.5. The Morgan fingerprint density at radius 2 is 2.05 bits per heavy atom. The van der Waals surface area contributed by atoms with Crippen LogP contribution in [0.1, 0.15) is 49.9 Å². The van der Waals surface area contributed by atoms with Gasteiger partial charge < -0.3 is 15.1 Å². The topological polar surface area (TPSA) is 83.4 Å². The summed E-state index contributed by atoms with van der Waals surface area (Å²) in [6.45, 7) is 4.71. The number of aromatic nitrogens is 3. The van der Waals surface area contributed by atoms with E-state index in [1.54, 1.807) is 10.9 Å². The molecule has 208 valence electrons. The highest BCUT2D eigenvalue weighted by molar-refractivity contribution is 7.99. The van der Waals surface area contributed by atoms with Crippen LogP contribution in [0.4, 0.5) is 5.69 Å². The molecule has 39 heavy (non-hydrogen) atoms. The Kier molecular flexibility index (Phi) is 9.24.